The van der Waals surface area contributed by atoms with Crippen LogP contribution in [0.25, 0.3) is 10.9 Å². The van der Waals surface area contributed by atoms with Crippen molar-refractivity contribution in [3.8, 4) is 0 Å². The zero-order chi connectivity index (χ0) is 11.7. The van der Waals surface area contributed by atoms with E-state index < -0.39 is 12.0 Å². The van der Waals surface area contributed by atoms with Gasteiger partial charge < -0.3 is 15.8 Å². The molecule has 1 aromatic heterocycles. The maximum Gasteiger partial charge on any atom is 0.305 e. The van der Waals surface area contributed by atoms with Crippen LogP contribution < -0.4 is 5.73 Å². The molecule has 1 aromatic carbocycles. The first-order valence-corrected chi connectivity index (χ1v) is 5.61. The highest BCUT2D eigenvalue weighted by molar-refractivity contribution is 9.10. The molecule has 0 fully saturated rings. The monoisotopic (exact) mass is 282 g/mol. The van der Waals surface area contributed by atoms with Gasteiger partial charge in [0.25, 0.3) is 0 Å². The van der Waals surface area contributed by atoms with Gasteiger partial charge in [-0.25, -0.2) is 0 Å². The van der Waals surface area contributed by atoms with E-state index in [9.17, 15) is 4.79 Å². The topological polar surface area (TPSA) is 79.1 Å². The number of aromatic amines is 1. The smallest absolute Gasteiger partial charge is 0.305 e. The molecule has 2 aromatic rings. The number of rotatable bonds is 3. The molecule has 0 aliphatic rings. The van der Waals surface area contributed by atoms with Crippen LogP contribution in [0.2, 0.25) is 0 Å². The molecule has 1 atom stereocenters. The minimum absolute atomic E-state index is 0.0727. The van der Waals surface area contributed by atoms with Crippen molar-refractivity contribution in [1.29, 1.82) is 0 Å². The molecule has 16 heavy (non-hydrogen) atoms. The fraction of sp³-hybridized carbons (Fsp3) is 0.182. The second-order valence-corrected chi connectivity index (χ2v) is 4.47. The predicted molar refractivity (Wildman–Crippen MR) is 65.2 cm³/mol. The Labute approximate surface area is 101 Å². The Morgan fingerprint density at radius 2 is 2.31 bits per heavy atom. The fourth-order valence-electron chi connectivity index (χ4n) is 1.78. The number of nitrogens with one attached hydrogen (secondary N) is 1. The van der Waals surface area contributed by atoms with Gasteiger partial charge in [-0.3, -0.25) is 4.79 Å². The largest absolute Gasteiger partial charge is 0.481 e. The molecular formula is C11H11BrN2O2. The third-order valence-electron chi connectivity index (χ3n) is 2.48. The number of hydrogen-bond acceptors (Lipinski definition) is 2. The SMILES string of the molecule is NC(CC(=O)O)c1cccc2[nH]cc(Br)c12. The molecule has 0 spiro atoms. The summed E-state index contributed by atoms with van der Waals surface area (Å²) in [5, 5.41) is 9.69. The molecule has 2 rings (SSSR count). The summed E-state index contributed by atoms with van der Waals surface area (Å²) in [5.41, 5.74) is 7.66. The minimum Gasteiger partial charge on any atom is -0.481 e. The standard InChI is InChI=1S/C11H11BrN2O2/c12-7-5-14-9-3-1-2-6(11(7)9)8(13)4-10(15)16/h1-3,5,8,14H,4,13H2,(H,15,16). The molecule has 1 heterocycles. The molecule has 1 unspecified atom stereocenters. The minimum atomic E-state index is -0.892. The quantitative estimate of drug-likeness (QED) is 0.809. The number of nitrogens with two attached hydrogens (primary N) is 1. The van der Waals surface area contributed by atoms with E-state index in [-0.39, 0.29) is 6.42 Å². The van der Waals surface area contributed by atoms with Crippen molar-refractivity contribution in [1.82, 2.24) is 4.98 Å². The first kappa shape index (κ1) is 11.2. The summed E-state index contributed by atoms with van der Waals surface area (Å²) in [4.78, 5) is 13.7. The number of aromatic nitrogens is 1. The summed E-state index contributed by atoms with van der Waals surface area (Å²) in [7, 11) is 0. The van der Waals surface area contributed by atoms with Crippen molar-refractivity contribution in [3.63, 3.8) is 0 Å². The Hall–Kier alpha value is -1.33. The highest BCUT2D eigenvalue weighted by Gasteiger charge is 2.15. The Morgan fingerprint density at radius 1 is 1.56 bits per heavy atom. The normalized spacial score (nSPS) is 12.9. The molecule has 4 nitrogen and oxygen atoms in total. The molecule has 0 amide bonds. The predicted octanol–water partition coefficient (Wildman–Crippen LogP) is 2.40. The highest BCUT2D eigenvalue weighted by atomic mass is 79.9. The van der Waals surface area contributed by atoms with Gasteiger partial charge in [-0.05, 0) is 27.6 Å². The third-order valence-corrected chi connectivity index (χ3v) is 3.11. The maximum absolute atomic E-state index is 10.6. The van der Waals surface area contributed by atoms with Gasteiger partial charge in [-0.2, -0.15) is 0 Å². The summed E-state index contributed by atoms with van der Waals surface area (Å²) in [5.74, 6) is -0.892. The molecular weight excluding hydrogens is 272 g/mol. The van der Waals surface area contributed by atoms with Crippen molar-refractivity contribution in [2.75, 3.05) is 0 Å². The number of benzene rings is 1. The van der Waals surface area contributed by atoms with Crippen LogP contribution in [0.15, 0.2) is 28.9 Å². The zero-order valence-corrected chi connectivity index (χ0v) is 9.99. The van der Waals surface area contributed by atoms with E-state index in [4.69, 9.17) is 10.8 Å². The Kier molecular flexibility index (Phi) is 2.98. The van der Waals surface area contributed by atoms with E-state index in [0.29, 0.717) is 0 Å². The van der Waals surface area contributed by atoms with Crippen LogP contribution in [0.4, 0.5) is 0 Å². The van der Waals surface area contributed by atoms with E-state index in [1.807, 2.05) is 24.4 Å². The molecule has 0 bridgehead atoms. The van der Waals surface area contributed by atoms with Gasteiger partial charge in [0.2, 0.25) is 0 Å². The van der Waals surface area contributed by atoms with Gasteiger partial charge in [0, 0.05) is 27.6 Å². The Morgan fingerprint density at radius 3 is 3.00 bits per heavy atom. The van der Waals surface area contributed by atoms with Crippen LogP contribution in [0, 0.1) is 0 Å². The summed E-state index contributed by atoms with van der Waals surface area (Å²) in [6, 6.07) is 5.15. The van der Waals surface area contributed by atoms with Gasteiger partial charge in [0.1, 0.15) is 0 Å². The molecule has 0 radical (unpaired) electrons. The fourth-order valence-corrected chi connectivity index (χ4v) is 2.33. The van der Waals surface area contributed by atoms with Crippen molar-refractivity contribution >= 4 is 32.8 Å². The number of carbonyl (C=O) groups is 1. The first-order valence-electron chi connectivity index (χ1n) is 4.82. The first-order chi connectivity index (χ1) is 7.59. The number of fused-ring (bicyclic) bond motifs is 1. The van der Waals surface area contributed by atoms with Gasteiger partial charge >= 0.3 is 5.97 Å². The van der Waals surface area contributed by atoms with E-state index >= 15 is 0 Å². The van der Waals surface area contributed by atoms with Crippen molar-refractivity contribution in [2.45, 2.75) is 12.5 Å². The average molecular weight is 283 g/mol. The molecule has 0 saturated carbocycles. The van der Waals surface area contributed by atoms with Gasteiger partial charge in [-0.15, -0.1) is 0 Å². The van der Waals surface area contributed by atoms with Crippen molar-refractivity contribution < 1.29 is 9.90 Å². The molecule has 0 saturated heterocycles. The third kappa shape index (κ3) is 1.96. The van der Waals surface area contributed by atoms with Gasteiger partial charge in [0.15, 0.2) is 0 Å². The van der Waals surface area contributed by atoms with Gasteiger partial charge in [-0.1, -0.05) is 12.1 Å². The summed E-state index contributed by atoms with van der Waals surface area (Å²) >= 11 is 3.42. The van der Waals surface area contributed by atoms with E-state index in [0.717, 1.165) is 20.9 Å². The van der Waals surface area contributed by atoms with Crippen LogP contribution in [-0.4, -0.2) is 16.1 Å². The van der Waals surface area contributed by atoms with Crippen molar-refractivity contribution in [2.24, 2.45) is 5.73 Å². The van der Waals surface area contributed by atoms with Crippen LogP contribution in [0.3, 0.4) is 0 Å². The Bertz CT molecular complexity index is 536. The Balaban J connectivity index is 2.50. The lowest BCUT2D eigenvalue weighted by Crippen LogP contribution is -2.15. The zero-order valence-electron chi connectivity index (χ0n) is 8.40. The van der Waals surface area contributed by atoms with Gasteiger partial charge in [0.05, 0.1) is 6.42 Å². The lowest BCUT2D eigenvalue weighted by Gasteiger charge is -2.11. The second-order valence-electron chi connectivity index (χ2n) is 3.61. The number of carboxylic acid groups (broad SMARTS) is 1. The van der Waals surface area contributed by atoms with E-state index in [1.54, 1.807) is 0 Å². The molecule has 0 aliphatic heterocycles. The van der Waals surface area contributed by atoms with E-state index in [2.05, 4.69) is 20.9 Å². The maximum atomic E-state index is 10.6. The number of hydrogen-bond donors (Lipinski definition) is 3. The van der Waals surface area contributed by atoms with Crippen LogP contribution in [0.5, 0.6) is 0 Å². The lowest BCUT2D eigenvalue weighted by molar-refractivity contribution is -0.137. The number of aliphatic carboxylic acids is 1. The van der Waals surface area contributed by atoms with Crippen LogP contribution >= 0.6 is 15.9 Å². The summed E-state index contributed by atoms with van der Waals surface area (Å²) in [6.07, 6.45) is 1.75. The number of H-pyrrole nitrogens is 1. The molecule has 0 aliphatic carbocycles. The lowest BCUT2D eigenvalue weighted by atomic mass is 10.0. The highest BCUT2D eigenvalue weighted by Crippen LogP contribution is 2.30. The number of carboxylic acids is 1. The molecule has 4 N–H and O–H groups in total. The molecule has 84 valence electrons. The summed E-state index contributed by atoms with van der Waals surface area (Å²) in [6.45, 7) is 0. The van der Waals surface area contributed by atoms with Crippen molar-refractivity contribution in [3.05, 3.63) is 34.4 Å². The second kappa shape index (κ2) is 4.27. The molecule has 5 heteroatoms. The van der Waals surface area contributed by atoms with E-state index in [1.165, 1.54) is 0 Å². The van der Waals surface area contributed by atoms with Crippen LogP contribution in [-0.2, 0) is 4.79 Å². The summed E-state index contributed by atoms with van der Waals surface area (Å²) < 4.78 is 0.902. The number of halogens is 1. The average Bonchev–Trinajstić information content (AvgIpc) is 2.59. The van der Waals surface area contributed by atoms with Crippen LogP contribution in [0.1, 0.15) is 18.0 Å².